The van der Waals surface area contributed by atoms with E-state index in [9.17, 15) is 4.39 Å². The summed E-state index contributed by atoms with van der Waals surface area (Å²) in [4.78, 5) is 0. The summed E-state index contributed by atoms with van der Waals surface area (Å²) < 4.78 is 15.9. The molecule has 0 fully saturated rings. The van der Waals surface area contributed by atoms with Crippen LogP contribution in [0.3, 0.4) is 0 Å². The molecular weight excluding hydrogens is 333 g/mol. The van der Waals surface area contributed by atoms with Gasteiger partial charge < -0.3 is 5.73 Å². The molecule has 0 bridgehead atoms. The minimum Gasteiger partial charge on any atom is -0.383 e. The molecule has 1 heterocycles. The number of hydrogen-bond donors (Lipinski definition) is 1. The molecule has 0 spiro atoms. The lowest BCUT2D eigenvalue weighted by atomic mass is 10.0. The lowest BCUT2D eigenvalue weighted by Gasteiger charge is -2.05. The average molecular weight is 346 g/mol. The number of nitrogens with two attached hydrogens (primary N) is 1. The van der Waals surface area contributed by atoms with Crippen LogP contribution < -0.4 is 5.73 Å². The molecule has 0 aliphatic heterocycles. The van der Waals surface area contributed by atoms with Crippen molar-refractivity contribution in [1.29, 1.82) is 0 Å². The summed E-state index contributed by atoms with van der Waals surface area (Å²) in [5.41, 5.74) is 9.27. The molecule has 2 aromatic carbocycles. The van der Waals surface area contributed by atoms with Crippen molar-refractivity contribution in [1.82, 2.24) is 9.78 Å². The van der Waals surface area contributed by atoms with Gasteiger partial charge in [-0.05, 0) is 23.8 Å². The number of halogens is 2. The zero-order chi connectivity index (χ0) is 15.0. The number of anilines is 1. The fourth-order valence-corrected chi connectivity index (χ4v) is 2.78. The monoisotopic (exact) mass is 345 g/mol. The Balaban J connectivity index is 2.26. The van der Waals surface area contributed by atoms with E-state index in [0.717, 1.165) is 11.1 Å². The van der Waals surface area contributed by atoms with Gasteiger partial charge in [-0.25, -0.2) is 4.39 Å². The zero-order valence-electron chi connectivity index (χ0n) is 11.3. The molecule has 0 saturated carbocycles. The second-order valence-electron chi connectivity index (χ2n) is 4.76. The van der Waals surface area contributed by atoms with Gasteiger partial charge in [0.2, 0.25) is 0 Å². The molecule has 0 atom stereocenters. The van der Waals surface area contributed by atoms with E-state index in [2.05, 4.69) is 21.0 Å². The van der Waals surface area contributed by atoms with Gasteiger partial charge in [-0.15, -0.1) is 0 Å². The van der Waals surface area contributed by atoms with Crippen LogP contribution in [0.15, 0.2) is 53.0 Å². The first-order valence-corrected chi connectivity index (χ1v) is 7.20. The normalized spacial score (nSPS) is 10.8. The first-order valence-electron chi connectivity index (χ1n) is 6.40. The molecule has 1 aromatic heterocycles. The zero-order valence-corrected chi connectivity index (χ0v) is 12.9. The van der Waals surface area contributed by atoms with Crippen LogP contribution in [0, 0.1) is 5.82 Å². The maximum atomic E-state index is 13.7. The highest BCUT2D eigenvalue weighted by Crippen LogP contribution is 2.36. The quantitative estimate of drug-likeness (QED) is 0.754. The van der Waals surface area contributed by atoms with Gasteiger partial charge in [0.25, 0.3) is 0 Å². The molecule has 0 aliphatic rings. The Morgan fingerprint density at radius 1 is 1.10 bits per heavy atom. The van der Waals surface area contributed by atoms with E-state index < -0.39 is 0 Å². The van der Waals surface area contributed by atoms with Crippen molar-refractivity contribution in [2.24, 2.45) is 7.05 Å². The van der Waals surface area contributed by atoms with Gasteiger partial charge in [0.05, 0.1) is 5.56 Å². The highest BCUT2D eigenvalue weighted by atomic mass is 79.9. The second kappa shape index (κ2) is 5.33. The van der Waals surface area contributed by atoms with E-state index in [1.807, 2.05) is 36.4 Å². The molecule has 2 N–H and O–H groups in total. The topological polar surface area (TPSA) is 43.8 Å². The lowest BCUT2D eigenvalue weighted by molar-refractivity contribution is 0.627. The van der Waals surface area contributed by atoms with Crippen LogP contribution in [-0.4, -0.2) is 9.78 Å². The Bertz CT molecular complexity index is 777. The molecular formula is C16H13BrFN3. The number of rotatable bonds is 2. The number of hydrogen-bond acceptors (Lipinski definition) is 2. The minimum absolute atomic E-state index is 0.317. The Labute approximate surface area is 130 Å². The Morgan fingerprint density at radius 3 is 2.48 bits per heavy atom. The number of aryl methyl sites for hydroxylation is 1. The van der Waals surface area contributed by atoms with Gasteiger partial charge in [-0.1, -0.05) is 46.3 Å². The molecule has 21 heavy (non-hydrogen) atoms. The Hall–Kier alpha value is -2.14. The molecule has 3 aromatic rings. The first-order chi connectivity index (χ1) is 10.1. The summed E-state index contributed by atoms with van der Waals surface area (Å²) in [5.74, 6) is 0.235. The van der Waals surface area contributed by atoms with Gasteiger partial charge in [0.1, 0.15) is 17.3 Å². The summed E-state index contributed by atoms with van der Waals surface area (Å²) in [6.45, 7) is 0. The van der Waals surface area contributed by atoms with Crippen LogP contribution in [0.2, 0.25) is 0 Å². The molecule has 0 aliphatic carbocycles. The van der Waals surface area contributed by atoms with Crippen LogP contribution >= 0.6 is 15.9 Å². The molecule has 0 saturated heterocycles. The number of aromatic nitrogens is 2. The molecule has 3 rings (SSSR count). The number of nitrogen functional groups attached to an aromatic ring is 1. The van der Waals surface area contributed by atoms with E-state index in [-0.39, 0.29) is 5.82 Å². The van der Waals surface area contributed by atoms with Crippen LogP contribution in [0.25, 0.3) is 22.4 Å². The van der Waals surface area contributed by atoms with Crippen LogP contribution in [0.1, 0.15) is 0 Å². The largest absolute Gasteiger partial charge is 0.383 e. The number of nitrogens with zero attached hydrogens (tertiary/aromatic N) is 2. The Morgan fingerprint density at radius 2 is 1.81 bits per heavy atom. The third-order valence-corrected chi connectivity index (χ3v) is 3.75. The predicted octanol–water partition coefficient (Wildman–Crippen LogP) is 4.24. The number of benzene rings is 2. The smallest absolute Gasteiger partial charge is 0.129 e. The van der Waals surface area contributed by atoms with Crippen LogP contribution in [0.5, 0.6) is 0 Å². The summed E-state index contributed by atoms with van der Waals surface area (Å²) in [7, 11) is 1.78. The lowest BCUT2D eigenvalue weighted by Crippen LogP contribution is -1.97. The maximum absolute atomic E-state index is 13.7. The first kappa shape index (κ1) is 13.8. The summed E-state index contributed by atoms with van der Waals surface area (Å²) >= 11 is 3.31. The van der Waals surface area contributed by atoms with Gasteiger partial charge in [-0.2, -0.15) is 5.10 Å². The van der Waals surface area contributed by atoms with Crippen molar-refractivity contribution in [3.8, 4) is 22.4 Å². The molecule has 3 nitrogen and oxygen atoms in total. The van der Waals surface area contributed by atoms with Crippen molar-refractivity contribution in [2.45, 2.75) is 0 Å². The molecule has 0 radical (unpaired) electrons. The van der Waals surface area contributed by atoms with E-state index in [1.165, 1.54) is 12.1 Å². The third-order valence-electron chi connectivity index (χ3n) is 3.29. The van der Waals surface area contributed by atoms with Gasteiger partial charge in [-0.3, -0.25) is 4.68 Å². The van der Waals surface area contributed by atoms with Crippen molar-refractivity contribution in [2.75, 3.05) is 5.73 Å². The Kier molecular flexibility index (Phi) is 3.51. The highest BCUT2D eigenvalue weighted by molar-refractivity contribution is 9.10. The highest BCUT2D eigenvalue weighted by Gasteiger charge is 2.18. The summed E-state index contributed by atoms with van der Waals surface area (Å²) in [6.07, 6.45) is 0. The summed E-state index contributed by atoms with van der Waals surface area (Å²) in [6, 6.07) is 14.4. The van der Waals surface area contributed by atoms with E-state index in [4.69, 9.17) is 5.73 Å². The molecule has 0 amide bonds. The summed E-state index contributed by atoms with van der Waals surface area (Å²) in [5, 5.41) is 4.44. The van der Waals surface area contributed by atoms with Gasteiger partial charge in [0.15, 0.2) is 0 Å². The second-order valence-corrected chi connectivity index (χ2v) is 5.67. The third kappa shape index (κ3) is 2.56. The molecule has 106 valence electrons. The van der Waals surface area contributed by atoms with Crippen molar-refractivity contribution in [3.63, 3.8) is 0 Å². The van der Waals surface area contributed by atoms with E-state index in [0.29, 0.717) is 21.5 Å². The van der Waals surface area contributed by atoms with Gasteiger partial charge in [0, 0.05) is 17.1 Å². The van der Waals surface area contributed by atoms with E-state index >= 15 is 0 Å². The molecule has 5 heteroatoms. The fraction of sp³-hybridized carbons (Fsp3) is 0.0625. The molecule has 0 unspecified atom stereocenters. The van der Waals surface area contributed by atoms with Crippen LogP contribution in [-0.2, 0) is 7.05 Å². The fourth-order valence-electron chi connectivity index (χ4n) is 2.32. The average Bonchev–Trinajstić information content (AvgIpc) is 2.75. The van der Waals surface area contributed by atoms with Crippen LogP contribution in [0.4, 0.5) is 10.2 Å². The standard InChI is InChI=1S/C16H13BrFN3/c1-21-16(19)14(10-5-3-2-4-6-10)15(20-21)11-7-12(17)9-13(18)8-11/h2-9H,19H2,1H3. The van der Waals surface area contributed by atoms with Crippen molar-refractivity contribution >= 4 is 21.7 Å². The van der Waals surface area contributed by atoms with Crippen molar-refractivity contribution < 1.29 is 4.39 Å². The van der Waals surface area contributed by atoms with Crippen molar-refractivity contribution in [3.05, 3.63) is 58.8 Å². The maximum Gasteiger partial charge on any atom is 0.129 e. The van der Waals surface area contributed by atoms with E-state index in [1.54, 1.807) is 11.7 Å². The SMILES string of the molecule is Cn1nc(-c2cc(F)cc(Br)c2)c(-c2ccccc2)c1N. The predicted molar refractivity (Wildman–Crippen MR) is 86.2 cm³/mol. The van der Waals surface area contributed by atoms with Gasteiger partial charge >= 0.3 is 0 Å². The minimum atomic E-state index is -0.317.